The number of fused-ring (bicyclic) bond motifs is 1. The Hall–Kier alpha value is -3.35. The molecule has 1 aromatic heterocycles. The van der Waals surface area contributed by atoms with E-state index in [0.717, 1.165) is 55.1 Å². The molecule has 0 atom stereocenters. The van der Waals surface area contributed by atoms with Crippen molar-refractivity contribution >= 4 is 22.7 Å². The maximum atomic E-state index is 13.4. The van der Waals surface area contributed by atoms with Gasteiger partial charge in [0.2, 0.25) is 0 Å². The number of hydrogen-bond donors (Lipinski definition) is 0. The number of piperazine rings is 1. The minimum atomic E-state index is -0.490. The number of ether oxygens (including phenoxy) is 1. The number of unbranched alkanes of at least 4 members (excludes halogenated alkanes) is 1. The number of nitrogens with zero attached hydrogens (tertiary/aromatic N) is 4. The lowest BCUT2D eigenvalue weighted by Gasteiger charge is -2.36. The fraction of sp³-hybridized carbons (Fsp3) is 0.444. The summed E-state index contributed by atoms with van der Waals surface area (Å²) in [6.07, 6.45) is 2.51. The Morgan fingerprint density at radius 2 is 1.62 bits per heavy atom. The van der Waals surface area contributed by atoms with E-state index in [2.05, 4.69) is 11.8 Å². The van der Waals surface area contributed by atoms with Gasteiger partial charge in [-0.05, 0) is 63.6 Å². The monoisotopic (exact) mass is 462 g/mol. The molecular formula is C27H34N4O3. The molecule has 1 aliphatic rings. The molecule has 0 spiro atoms. The average Bonchev–Trinajstić information content (AvgIpc) is 2.82. The van der Waals surface area contributed by atoms with Gasteiger partial charge in [-0.2, -0.15) is 0 Å². The first-order valence-electron chi connectivity index (χ1n) is 12.1. The molecule has 2 aromatic carbocycles. The Morgan fingerprint density at radius 1 is 0.971 bits per heavy atom. The van der Waals surface area contributed by atoms with E-state index in [-0.39, 0.29) is 11.7 Å². The van der Waals surface area contributed by atoms with Gasteiger partial charge < -0.3 is 14.5 Å². The van der Waals surface area contributed by atoms with E-state index >= 15 is 0 Å². The quantitative estimate of drug-likeness (QED) is 0.546. The van der Waals surface area contributed by atoms with Crippen LogP contribution in [-0.4, -0.2) is 52.3 Å². The summed E-state index contributed by atoms with van der Waals surface area (Å²) in [7, 11) is 0. The van der Waals surface area contributed by atoms with E-state index in [1.165, 1.54) is 0 Å². The van der Waals surface area contributed by atoms with E-state index < -0.39 is 5.60 Å². The highest BCUT2D eigenvalue weighted by molar-refractivity contribution is 5.78. The van der Waals surface area contributed by atoms with Crippen molar-refractivity contribution in [3.8, 4) is 5.69 Å². The summed E-state index contributed by atoms with van der Waals surface area (Å²) in [5.74, 6) is 0.796. The van der Waals surface area contributed by atoms with Gasteiger partial charge in [-0.15, -0.1) is 0 Å². The van der Waals surface area contributed by atoms with Crippen LogP contribution in [-0.2, 0) is 11.2 Å². The average molecular weight is 463 g/mol. The van der Waals surface area contributed by atoms with Crippen molar-refractivity contribution < 1.29 is 9.53 Å². The van der Waals surface area contributed by atoms with Crippen LogP contribution < -0.4 is 10.5 Å². The lowest BCUT2D eigenvalue weighted by molar-refractivity contribution is 0.0240. The van der Waals surface area contributed by atoms with Crippen LogP contribution in [0.3, 0.4) is 0 Å². The van der Waals surface area contributed by atoms with E-state index in [9.17, 15) is 9.59 Å². The number of benzene rings is 2. The number of rotatable bonds is 5. The Morgan fingerprint density at radius 3 is 2.26 bits per heavy atom. The zero-order valence-corrected chi connectivity index (χ0v) is 20.6. The summed E-state index contributed by atoms with van der Waals surface area (Å²) in [5.41, 5.74) is 2.12. The van der Waals surface area contributed by atoms with Gasteiger partial charge in [0.15, 0.2) is 0 Å². The number of carbonyl (C=O) groups is 1. The number of para-hydroxylation sites is 1. The molecule has 0 aliphatic carbocycles. The zero-order valence-electron chi connectivity index (χ0n) is 20.6. The fourth-order valence-electron chi connectivity index (χ4n) is 4.23. The highest BCUT2D eigenvalue weighted by Crippen LogP contribution is 2.21. The molecule has 1 amide bonds. The van der Waals surface area contributed by atoms with Crippen molar-refractivity contribution in [3.63, 3.8) is 0 Å². The smallest absolute Gasteiger partial charge is 0.410 e. The van der Waals surface area contributed by atoms with Crippen molar-refractivity contribution in [3.05, 3.63) is 64.7 Å². The maximum Gasteiger partial charge on any atom is 0.410 e. The van der Waals surface area contributed by atoms with Gasteiger partial charge in [-0.1, -0.05) is 25.5 Å². The van der Waals surface area contributed by atoms with Crippen molar-refractivity contribution in [1.29, 1.82) is 0 Å². The highest BCUT2D eigenvalue weighted by Gasteiger charge is 2.26. The van der Waals surface area contributed by atoms with Crippen molar-refractivity contribution in [2.75, 3.05) is 31.1 Å². The van der Waals surface area contributed by atoms with Crippen LogP contribution in [0.15, 0.2) is 53.3 Å². The molecule has 2 heterocycles. The SMILES string of the molecule is CCCCc1nc2ccccc2c(=O)n1-c1ccc(N2CCN(C(=O)OC(C)(C)C)CC2)cc1. The van der Waals surface area contributed by atoms with Gasteiger partial charge in [0.1, 0.15) is 11.4 Å². The minimum Gasteiger partial charge on any atom is -0.444 e. The molecule has 0 saturated carbocycles. The van der Waals surface area contributed by atoms with Gasteiger partial charge >= 0.3 is 6.09 Å². The lowest BCUT2D eigenvalue weighted by atomic mass is 10.2. The molecule has 0 bridgehead atoms. The third-order valence-electron chi connectivity index (χ3n) is 6.00. The van der Waals surface area contributed by atoms with Crippen LogP contribution in [0.4, 0.5) is 10.5 Å². The van der Waals surface area contributed by atoms with E-state index in [1.807, 2.05) is 69.3 Å². The molecule has 4 rings (SSSR count). The molecule has 0 unspecified atom stereocenters. The van der Waals surface area contributed by atoms with E-state index in [4.69, 9.17) is 9.72 Å². The molecule has 180 valence electrons. The summed E-state index contributed by atoms with van der Waals surface area (Å²) in [4.78, 5) is 34.5. The molecule has 1 aliphatic heterocycles. The van der Waals surface area contributed by atoms with E-state index in [0.29, 0.717) is 18.5 Å². The Balaban J connectivity index is 1.54. The van der Waals surface area contributed by atoms with Gasteiger partial charge in [-0.25, -0.2) is 9.78 Å². The van der Waals surface area contributed by atoms with Crippen molar-refractivity contribution in [2.45, 2.75) is 52.6 Å². The van der Waals surface area contributed by atoms with Crippen molar-refractivity contribution in [1.82, 2.24) is 14.5 Å². The van der Waals surface area contributed by atoms with Crippen molar-refractivity contribution in [2.24, 2.45) is 0 Å². The van der Waals surface area contributed by atoms with Gasteiger partial charge in [0.05, 0.1) is 16.6 Å². The number of carbonyl (C=O) groups excluding carboxylic acids is 1. The zero-order chi connectivity index (χ0) is 24.3. The third-order valence-corrected chi connectivity index (χ3v) is 6.00. The predicted molar refractivity (Wildman–Crippen MR) is 136 cm³/mol. The standard InChI is InChI=1S/C27H34N4O3/c1-5-6-11-24-28-23-10-8-7-9-22(23)25(32)31(24)21-14-12-20(13-15-21)29-16-18-30(19-17-29)26(33)34-27(2,3)4/h7-10,12-15H,5-6,11,16-19H2,1-4H3. The number of hydrogen-bond acceptors (Lipinski definition) is 5. The second kappa shape index (κ2) is 9.87. The normalized spacial score (nSPS) is 14.5. The topological polar surface area (TPSA) is 67.7 Å². The Labute approximate surface area is 201 Å². The Kier molecular flexibility index (Phi) is 6.91. The maximum absolute atomic E-state index is 13.4. The van der Waals surface area contributed by atoms with Gasteiger partial charge in [0.25, 0.3) is 5.56 Å². The fourth-order valence-corrected chi connectivity index (χ4v) is 4.23. The molecule has 0 radical (unpaired) electrons. The molecule has 7 nitrogen and oxygen atoms in total. The molecule has 1 saturated heterocycles. The number of aromatic nitrogens is 2. The summed E-state index contributed by atoms with van der Waals surface area (Å²) < 4.78 is 7.25. The van der Waals surface area contributed by atoms with Gasteiger partial charge in [-0.3, -0.25) is 9.36 Å². The number of amides is 1. The summed E-state index contributed by atoms with van der Waals surface area (Å²) in [6.45, 7) is 10.5. The Bertz CT molecular complexity index is 1200. The lowest BCUT2D eigenvalue weighted by Crippen LogP contribution is -2.50. The molecule has 34 heavy (non-hydrogen) atoms. The largest absolute Gasteiger partial charge is 0.444 e. The summed E-state index contributed by atoms with van der Waals surface area (Å²) in [5, 5.41) is 0.630. The first kappa shape index (κ1) is 23.8. The van der Waals surface area contributed by atoms with Crippen LogP contribution in [0.5, 0.6) is 0 Å². The number of anilines is 1. The molecule has 1 fully saturated rings. The van der Waals surface area contributed by atoms with Crippen LogP contribution >= 0.6 is 0 Å². The minimum absolute atomic E-state index is 0.0320. The predicted octanol–water partition coefficient (Wildman–Crippen LogP) is 4.79. The van der Waals surface area contributed by atoms with Crippen LogP contribution in [0.2, 0.25) is 0 Å². The first-order chi connectivity index (χ1) is 16.3. The molecule has 0 N–H and O–H groups in total. The molecular weight excluding hydrogens is 428 g/mol. The number of aryl methyl sites for hydroxylation is 1. The van der Waals surface area contributed by atoms with Crippen LogP contribution in [0.25, 0.3) is 16.6 Å². The third kappa shape index (κ3) is 5.24. The highest BCUT2D eigenvalue weighted by atomic mass is 16.6. The van der Waals surface area contributed by atoms with E-state index in [1.54, 1.807) is 9.47 Å². The summed E-state index contributed by atoms with van der Waals surface area (Å²) >= 11 is 0. The summed E-state index contributed by atoms with van der Waals surface area (Å²) in [6, 6.07) is 15.6. The second-order valence-corrected chi connectivity index (χ2v) is 9.76. The molecule has 7 heteroatoms. The van der Waals surface area contributed by atoms with Gasteiger partial charge in [0, 0.05) is 38.3 Å². The van der Waals surface area contributed by atoms with Crippen LogP contribution in [0.1, 0.15) is 46.4 Å². The molecule has 3 aromatic rings. The van der Waals surface area contributed by atoms with Crippen LogP contribution in [0, 0.1) is 0 Å². The second-order valence-electron chi connectivity index (χ2n) is 9.76. The first-order valence-corrected chi connectivity index (χ1v) is 12.1.